The van der Waals surface area contributed by atoms with E-state index < -0.39 is 0 Å². The number of para-hydroxylation sites is 1. The molecule has 0 bridgehead atoms. The second kappa shape index (κ2) is 8.56. The van der Waals surface area contributed by atoms with Crippen molar-refractivity contribution in [3.63, 3.8) is 0 Å². The zero-order valence-corrected chi connectivity index (χ0v) is 15.6. The van der Waals surface area contributed by atoms with E-state index in [1.807, 2.05) is 42.5 Å². The van der Waals surface area contributed by atoms with Gasteiger partial charge in [0.05, 0.1) is 17.3 Å². The Morgan fingerprint density at radius 2 is 1.70 bits per heavy atom. The van der Waals surface area contributed by atoms with Gasteiger partial charge in [-0.1, -0.05) is 54.1 Å². The molecule has 0 radical (unpaired) electrons. The van der Waals surface area contributed by atoms with E-state index in [1.54, 1.807) is 31.3 Å². The Balaban J connectivity index is 1.52. The molecule has 0 saturated carbocycles. The lowest BCUT2D eigenvalue weighted by atomic mass is 10.1. The first kappa shape index (κ1) is 18.7. The van der Waals surface area contributed by atoms with Crippen LogP contribution >= 0.6 is 11.6 Å². The number of halogens is 1. The Morgan fingerprint density at radius 1 is 1.00 bits per heavy atom. The van der Waals surface area contributed by atoms with Crippen LogP contribution < -0.4 is 10.1 Å². The molecule has 0 heterocycles. The van der Waals surface area contributed by atoms with Gasteiger partial charge in [-0.25, -0.2) is 0 Å². The maximum Gasteiger partial charge on any atom is 0.260 e. The number of carbonyl (C=O) groups is 2. The summed E-state index contributed by atoms with van der Waals surface area (Å²) >= 11 is 6.01. The number of ether oxygens (including phenoxy) is 1. The van der Waals surface area contributed by atoms with Crippen LogP contribution in [-0.2, 0) is 9.59 Å². The fourth-order valence-electron chi connectivity index (χ4n) is 2.57. The normalized spacial score (nSPS) is 10.4. The lowest BCUT2D eigenvalue weighted by Crippen LogP contribution is -2.37. The lowest BCUT2D eigenvalue weighted by molar-refractivity contribution is -0.135. The first-order valence-electron chi connectivity index (χ1n) is 8.43. The Morgan fingerprint density at radius 3 is 2.48 bits per heavy atom. The number of nitrogens with one attached hydrogen (secondary N) is 1. The van der Waals surface area contributed by atoms with Gasteiger partial charge in [0.25, 0.3) is 5.91 Å². The summed E-state index contributed by atoms with van der Waals surface area (Å²) in [4.78, 5) is 25.6. The highest BCUT2D eigenvalue weighted by Gasteiger charge is 2.14. The van der Waals surface area contributed by atoms with Crippen LogP contribution in [0.1, 0.15) is 0 Å². The summed E-state index contributed by atoms with van der Waals surface area (Å²) in [7, 11) is 1.55. The van der Waals surface area contributed by atoms with Gasteiger partial charge in [-0.05, 0) is 35.0 Å². The molecule has 3 aromatic carbocycles. The number of likely N-dealkylation sites (N-methyl/N-ethyl adjacent to an activating group) is 1. The number of benzene rings is 3. The summed E-state index contributed by atoms with van der Waals surface area (Å²) in [5.41, 5.74) is 0.512. The number of anilines is 1. The molecule has 6 heteroatoms. The van der Waals surface area contributed by atoms with Gasteiger partial charge in [0, 0.05) is 7.05 Å². The second-order valence-corrected chi connectivity index (χ2v) is 6.48. The van der Waals surface area contributed by atoms with Gasteiger partial charge in [0.1, 0.15) is 5.75 Å². The molecule has 5 nitrogen and oxygen atoms in total. The van der Waals surface area contributed by atoms with E-state index in [1.165, 1.54) is 4.90 Å². The highest BCUT2D eigenvalue weighted by molar-refractivity contribution is 6.33. The van der Waals surface area contributed by atoms with Crippen molar-refractivity contribution in [3.05, 3.63) is 71.8 Å². The summed E-state index contributed by atoms with van der Waals surface area (Å²) in [6.45, 7) is -0.237. The van der Waals surface area contributed by atoms with Gasteiger partial charge in [-0.2, -0.15) is 0 Å². The van der Waals surface area contributed by atoms with Crippen LogP contribution in [0.5, 0.6) is 5.75 Å². The maximum atomic E-state index is 12.2. The molecule has 0 aromatic heterocycles. The van der Waals surface area contributed by atoms with Crippen LogP contribution in [0.4, 0.5) is 5.69 Å². The summed E-state index contributed by atoms with van der Waals surface area (Å²) in [6.07, 6.45) is 0. The lowest BCUT2D eigenvalue weighted by Gasteiger charge is -2.17. The van der Waals surface area contributed by atoms with Crippen molar-refractivity contribution in [1.29, 1.82) is 0 Å². The smallest absolute Gasteiger partial charge is 0.260 e. The van der Waals surface area contributed by atoms with Crippen molar-refractivity contribution in [3.8, 4) is 5.75 Å². The molecule has 0 fully saturated rings. The van der Waals surface area contributed by atoms with E-state index in [4.69, 9.17) is 16.3 Å². The van der Waals surface area contributed by atoms with Crippen LogP contribution in [0.25, 0.3) is 10.8 Å². The van der Waals surface area contributed by atoms with Crippen LogP contribution in [0, 0.1) is 0 Å². The van der Waals surface area contributed by atoms with Crippen molar-refractivity contribution in [2.24, 2.45) is 0 Å². The molecule has 0 aliphatic carbocycles. The van der Waals surface area contributed by atoms with E-state index >= 15 is 0 Å². The van der Waals surface area contributed by atoms with Gasteiger partial charge >= 0.3 is 0 Å². The Hall–Kier alpha value is -3.05. The zero-order valence-electron chi connectivity index (χ0n) is 14.8. The monoisotopic (exact) mass is 382 g/mol. The largest absolute Gasteiger partial charge is 0.484 e. The molecule has 138 valence electrons. The minimum absolute atomic E-state index is 0.0921. The Labute approximate surface area is 162 Å². The molecule has 0 atom stereocenters. The summed E-state index contributed by atoms with van der Waals surface area (Å²) in [5.74, 6) is -0.0157. The van der Waals surface area contributed by atoms with Crippen molar-refractivity contribution >= 4 is 39.9 Å². The quantitative estimate of drug-likeness (QED) is 0.701. The molecule has 0 aliphatic heterocycles. The van der Waals surface area contributed by atoms with Gasteiger partial charge in [0.15, 0.2) is 6.61 Å². The highest BCUT2D eigenvalue weighted by atomic mass is 35.5. The van der Waals surface area contributed by atoms with Crippen molar-refractivity contribution in [2.45, 2.75) is 0 Å². The van der Waals surface area contributed by atoms with E-state index in [0.717, 1.165) is 10.8 Å². The third kappa shape index (κ3) is 4.99. The number of amides is 2. The third-order valence-electron chi connectivity index (χ3n) is 4.04. The van der Waals surface area contributed by atoms with Gasteiger partial charge < -0.3 is 15.0 Å². The molecular weight excluding hydrogens is 364 g/mol. The molecule has 1 N–H and O–H groups in total. The van der Waals surface area contributed by atoms with Crippen molar-refractivity contribution in [2.75, 3.05) is 25.5 Å². The molecule has 0 unspecified atom stereocenters. The predicted octanol–water partition coefficient (Wildman–Crippen LogP) is 3.97. The fourth-order valence-corrected chi connectivity index (χ4v) is 2.75. The first-order chi connectivity index (χ1) is 13.0. The number of nitrogens with zero attached hydrogens (tertiary/aromatic N) is 1. The molecular formula is C21H19ClN2O3. The van der Waals surface area contributed by atoms with Crippen molar-refractivity contribution < 1.29 is 14.3 Å². The minimum atomic E-state index is -0.329. The molecule has 3 aromatic rings. The average Bonchev–Trinajstić information content (AvgIpc) is 2.67. The molecule has 0 spiro atoms. The number of carbonyl (C=O) groups excluding carboxylic acids is 2. The number of fused-ring (bicyclic) bond motifs is 1. The highest BCUT2D eigenvalue weighted by Crippen LogP contribution is 2.21. The number of rotatable bonds is 6. The van der Waals surface area contributed by atoms with E-state index in [2.05, 4.69) is 5.32 Å². The third-order valence-corrected chi connectivity index (χ3v) is 4.37. The SMILES string of the molecule is CN(CC(=O)Nc1ccccc1Cl)C(=O)COc1ccc2ccccc2c1. The number of hydrogen-bond acceptors (Lipinski definition) is 3. The standard InChI is InChI=1S/C21H19ClN2O3/c1-24(13-20(25)23-19-9-5-4-8-18(19)22)21(26)14-27-17-11-10-15-6-2-3-7-16(15)12-17/h2-12H,13-14H2,1H3,(H,23,25). The van der Waals surface area contributed by atoms with E-state index in [-0.39, 0.29) is 25.0 Å². The topological polar surface area (TPSA) is 58.6 Å². The maximum absolute atomic E-state index is 12.2. The van der Waals surface area contributed by atoms with Crippen LogP contribution in [0.15, 0.2) is 66.7 Å². The fraction of sp³-hybridized carbons (Fsp3) is 0.143. The molecule has 3 rings (SSSR count). The minimum Gasteiger partial charge on any atom is -0.484 e. The zero-order chi connectivity index (χ0) is 19.2. The number of hydrogen-bond donors (Lipinski definition) is 1. The van der Waals surface area contributed by atoms with Crippen LogP contribution in [0.3, 0.4) is 0 Å². The van der Waals surface area contributed by atoms with Crippen LogP contribution in [0.2, 0.25) is 5.02 Å². The molecule has 2 amide bonds. The molecule has 0 aliphatic rings. The van der Waals surface area contributed by atoms with Gasteiger partial charge in [-0.15, -0.1) is 0 Å². The molecule has 27 heavy (non-hydrogen) atoms. The van der Waals surface area contributed by atoms with E-state index in [0.29, 0.717) is 16.5 Å². The van der Waals surface area contributed by atoms with Crippen molar-refractivity contribution in [1.82, 2.24) is 4.90 Å². The van der Waals surface area contributed by atoms with E-state index in [9.17, 15) is 9.59 Å². The van der Waals surface area contributed by atoms with Gasteiger partial charge in [0.2, 0.25) is 5.91 Å². The summed E-state index contributed by atoms with van der Waals surface area (Å²) in [5, 5.41) is 5.27. The Kier molecular flexibility index (Phi) is 5.94. The summed E-state index contributed by atoms with van der Waals surface area (Å²) in [6, 6.07) is 20.5. The Bertz CT molecular complexity index is 974. The molecule has 0 saturated heterocycles. The van der Waals surface area contributed by atoms with Crippen LogP contribution in [-0.4, -0.2) is 36.9 Å². The summed E-state index contributed by atoms with van der Waals surface area (Å²) < 4.78 is 5.57. The average molecular weight is 383 g/mol. The van der Waals surface area contributed by atoms with Gasteiger partial charge in [-0.3, -0.25) is 9.59 Å². The predicted molar refractivity (Wildman–Crippen MR) is 107 cm³/mol. The first-order valence-corrected chi connectivity index (χ1v) is 8.80. The second-order valence-electron chi connectivity index (χ2n) is 6.08.